The molecule has 36 heavy (non-hydrogen) atoms. The van der Waals surface area contributed by atoms with Crippen LogP contribution in [0.25, 0.3) is 0 Å². The summed E-state index contributed by atoms with van der Waals surface area (Å²) in [6.07, 6.45) is 43.4. The monoisotopic (exact) mass is 503 g/mol. The lowest BCUT2D eigenvalue weighted by molar-refractivity contribution is 0.118. The lowest BCUT2D eigenvalue weighted by Crippen LogP contribution is -2.11. The van der Waals surface area contributed by atoms with Crippen LogP contribution < -0.4 is 0 Å². The highest BCUT2D eigenvalue weighted by Gasteiger charge is 2.10. The van der Waals surface area contributed by atoms with Crippen molar-refractivity contribution >= 4 is 0 Å². The van der Waals surface area contributed by atoms with E-state index in [1.807, 2.05) is 6.26 Å². The van der Waals surface area contributed by atoms with Crippen molar-refractivity contribution in [2.75, 3.05) is 0 Å². The molecule has 1 atom stereocenters. The Kier molecular flexibility index (Phi) is 26.3. The Labute approximate surface area is 228 Å². The summed E-state index contributed by atoms with van der Waals surface area (Å²) in [4.78, 5) is 0. The molecule has 0 aliphatic carbocycles. The first-order chi connectivity index (χ1) is 17.5. The number of unbranched alkanes of at least 4 members (excludes halogenated alkanes) is 16. The number of ether oxygens (including phenoxy) is 1. The molecule has 0 rings (SSSR count). The Bertz CT molecular complexity index is 507. The largest absolute Gasteiger partial charge is 0.498 e. The third kappa shape index (κ3) is 29.3. The van der Waals surface area contributed by atoms with E-state index in [0.29, 0.717) is 6.10 Å². The maximum atomic E-state index is 6.21. The van der Waals surface area contributed by atoms with Gasteiger partial charge in [-0.1, -0.05) is 142 Å². The molecule has 0 saturated carbocycles. The molecule has 0 aromatic heterocycles. The first kappa shape index (κ1) is 35.0. The van der Waals surface area contributed by atoms with Crippen LogP contribution in [0.3, 0.4) is 0 Å². The summed E-state index contributed by atoms with van der Waals surface area (Å²) in [5.41, 5.74) is 0.198. The molecule has 212 valence electrons. The fraction of sp³-hybridized carbons (Fsp3) is 0.829. The van der Waals surface area contributed by atoms with Gasteiger partial charge in [-0.2, -0.15) is 0 Å². The van der Waals surface area contributed by atoms with Gasteiger partial charge in [-0.25, -0.2) is 0 Å². The van der Waals surface area contributed by atoms with E-state index in [1.165, 1.54) is 135 Å². The smallest absolute Gasteiger partial charge is 0.0978 e. The molecule has 1 heteroatoms. The van der Waals surface area contributed by atoms with E-state index in [9.17, 15) is 0 Å². The maximum Gasteiger partial charge on any atom is 0.0978 e. The summed E-state index contributed by atoms with van der Waals surface area (Å²) in [6, 6.07) is 0. The average molecular weight is 503 g/mol. The minimum atomic E-state index is 0.198. The molecule has 0 N–H and O–H groups in total. The van der Waals surface area contributed by atoms with Crippen molar-refractivity contribution in [2.24, 2.45) is 5.41 Å². The number of rotatable bonds is 26. The van der Waals surface area contributed by atoms with Gasteiger partial charge in [-0.15, -0.1) is 0 Å². The Hall–Kier alpha value is -0.980. The summed E-state index contributed by atoms with van der Waals surface area (Å²) in [5, 5.41) is 0. The van der Waals surface area contributed by atoms with Gasteiger partial charge >= 0.3 is 0 Å². The molecule has 1 nitrogen and oxygen atoms in total. The highest BCUT2D eigenvalue weighted by Crippen LogP contribution is 2.19. The van der Waals surface area contributed by atoms with E-state index in [1.54, 1.807) is 0 Å². The molecule has 0 bridgehead atoms. The third-order valence-corrected chi connectivity index (χ3v) is 6.95. The Balaban J connectivity index is 3.85. The molecule has 0 radical (unpaired) electrons. The van der Waals surface area contributed by atoms with Gasteiger partial charge in [0.2, 0.25) is 0 Å². The molecule has 0 aromatic rings. The number of hydrogen-bond donors (Lipinski definition) is 0. The molecule has 0 aliphatic rings. The van der Waals surface area contributed by atoms with Gasteiger partial charge < -0.3 is 4.74 Å². The second-order valence-electron chi connectivity index (χ2n) is 12.1. The molecule has 1 unspecified atom stereocenters. The van der Waals surface area contributed by atoms with Gasteiger partial charge in [0, 0.05) is 0 Å². The van der Waals surface area contributed by atoms with Crippen LogP contribution in [0, 0.1) is 5.41 Å². The van der Waals surface area contributed by atoms with Crippen LogP contribution in [-0.4, -0.2) is 6.10 Å². The van der Waals surface area contributed by atoms with E-state index in [4.69, 9.17) is 4.74 Å². The standard InChI is InChI=1S/C35H66O/c1-6-8-10-12-14-16-17-18-19-20-21-22-23-25-27-29-31-34(36-33-32-35(3,4)5)30-28-26-24-15-13-11-9-7-2/h14,16,18-19,32-34H,6-13,15,17,20-31H2,1-5H3/b16-14-,19-18-,33-32+. The van der Waals surface area contributed by atoms with Crippen LogP contribution in [0.15, 0.2) is 36.6 Å². The summed E-state index contributed by atoms with van der Waals surface area (Å²) >= 11 is 0. The summed E-state index contributed by atoms with van der Waals surface area (Å²) in [5.74, 6) is 0. The van der Waals surface area contributed by atoms with Crippen molar-refractivity contribution in [1.82, 2.24) is 0 Å². The van der Waals surface area contributed by atoms with Crippen molar-refractivity contribution in [3.05, 3.63) is 36.6 Å². The van der Waals surface area contributed by atoms with Crippen LogP contribution in [0.5, 0.6) is 0 Å². The lowest BCUT2D eigenvalue weighted by atomic mass is 9.97. The molecule has 0 amide bonds. The number of hydrogen-bond acceptors (Lipinski definition) is 1. The molecule has 0 saturated heterocycles. The molecule has 0 aromatic carbocycles. The van der Waals surface area contributed by atoms with Crippen molar-refractivity contribution in [2.45, 2.75) is 182 Å². The van der Waals surface area contributed by atoms with E-state index in [-0.39, 0.29) is 5.41 Å². The van der Waals surface area contributed by atoms with Gasteiger partial charge in [0.25, 0.3) is 0 Å². The zero-order chi connectivity index (χ0) is 26.6. The average Bonchev–Trinajstić information content (AvgIpc) is 2.84. The SMILES string of the molecule is CCCCC/C=C\C/C=C\CCCCCCCCC(CCCCCCCCCC)O/C=C/C(C)(C)C. The quantitative estimate of drug-likeness (QED) is 0.0649. The first-order valence-electron chi connectivity index (χ1n) is 16.1. The Morgan fingerprint density at radius 2 is 0.944 bits per heavy atom. The van der Waals surface area contributed by atoms with Crippen molar-refractivity contribution in [3.63, 3.8) is 0 Å². The fourth-order valence-corrected chi connectivity index (χ4v) is 4.50. The normalized spacial score (nSPS) is 13.5. The minimum Gasteiger partial charge on any atom is -0.498 e. The summed E-state index contributed by atoms with van der Waals surface area (Å²) in [6.45, 7) is 11.3. The van der Waals surface area contributed by atoms with Crippen molar-refractivity contribution in [3.8, 4) is 0 Å². The van der Waals surface area contributed by atoms with E-state index >= 15 is 0 Å². The molecular formula is C35H66O. The molecule has 0 spiro atoms. The van der Waals surface area contributed by atoms with Gasteiger partial charge in [-0.05, 0) is 69.3 Å². The first-order valence-corrected chi connectivity index (χ1v) is 16.1. The Morgan fingerprint density at radius 1 is 0.528 bits per heavy atom. The zero-order valence-electron chi connectivity index (χ0n) is 25.5. The van der Waals surface area contributed by atoms with Gasteiger partial charge in [0.1, 0.15) is 0 Å². The van der Waals surface area contributed by atoms with Crippen LogP contribution in [0.2, 0.25) is 0 Å². The van der Waals surface area contributed by atoms with E-state index < -0.39 is 0 Å². The highest BCUT2D eigenvalue weighted by atomic mass is 16.5. The summed E-state index contributed by atoms with van der Waals surface area (Å²) in [7, 11) is 0. The van der Waals surface area contributed by atoms with Gasteiger partial charge in [0.15, 0.2) is 0 Å². The minimum absolute atomic E-state index is 0.198. The van der Waals surface area contributed by atoms with Crippen LogP contribution in [0.4, 0.5) is 0 Å². The molecule has 0 heterocycles. The second-order valence-corrected chi connectivity index (χ2v) is 12.1. The topological polar surface area (TPSA) is 9.23 Å². The second kappa shape index (κ2) is 27.1. The van der Waals surface area contributed by atoms with E-state index in [0.717, 1.165) is 6.42 Å². The fourth-order valence-electron chi connectivity index (χ4n) is 4.50. The number of allylic oxidation sites excluding steroid dienone is 5. The van der Waals surface area contributed by atoms with Crippen molar-refractivity contribution in [1.29, 1.82) is 0 Å². The lowest BCUT2D eigenvalue weighted by Gasteiger charge is -2.18. The molecular weight excluding hydrogens is 436 g/mol. The molecule has 0 fully saturated rings. The predicted octanol–water partition coefficient (Wildman–Crippen LogP) is 12.7. The van der Waals surface area contributed by atoms with Gasteiger partial charge in [0.05, 0.1) is 12.4 Å². The van der Waals surface area contributed by atoms with Gasteiger partial charge in [-0.3, -0.25) is 0 Å². The van der Waals surface area contributed by atoms with Crippen LogP contribution in [-0.2, 0) is 4.74 Å². The molecule has 0 aliphatic heterocycles. The highest BCUT2D eigenvalue weighted by molar-refractivity contribution is 4.92. The third-order valence-electron chi connectivity index (χ3n) is 6.95. The summed E-state index contributed by atoms with van der Waals surface area (Å²) < 4.78 is 6.21. The maximum absolute atomic E-state index is 6.21. The predicted molar refractivity (Wildman–Crippen MR) is 165 cm³/mol. The van der Waals surface area contributed by atoms with Crippen LogP contribution >= 0.6 is 0 Å². The van der Waals surface area contributed by atoms with Crippen LogP contribution in [0.1, 0.15) is 176 Å². The van der Waals surface area contributed by atoms with E-state index in [2.05, 4.69) is 65.0 Å². The van der Waals surface area contributed by atoms with Crippen molar-refractivity contribution < 1.29 is 4.74 Å². The Morgan fingerprint density at radius 3 is 1.44 bits per heavy atom. The zero-order valence-corrected chi connectivity index (χ0v) is 25.5.